The molecule has 0 unspecified atom stereocenters. The van der Waals surface area contributed by atoms with Gasteiger partial charge in [-0.05, 0) is 73.4 Å². The molecule has 0 spiro atoms. The number of aromatic nitrogens is 1. The van der Waals surface area contributed by atoms with Crippen molar-refractivity contribution < 1.29 is 4.74 Å². The summed E-state index contributed by atoms with van der Waals surface area (Å²) >= 11 is 0. The summed E-state index contributed by atoms with van der Waals surface area (Å²) < 4.78 is 6.06. The molecule has 0 saturated carbocycles. The van der Waals surface area contributed by atoms with Crippen molar-refractivity contribution in [3.63, 3.8) is 0 Å². The molecule has 4 rings (SSSR count). The zero-order chi connectivity index (χ0) is 14.2. The van der Waals surface area contributed by atoms with E-state index in [9.17, 15) is 0 Å². The Labute approximate surface area is 125 Å². The minimum atomic E-state index is 0.473. The van der Waals surface area contributed by atoms with Gasteiger partial charge in [-0.2, -0.15) is 0 Å². The summed E-state index contributed by atoms with van der Waals surface area (Å²) in [6, 6.07) is 8.59. The van der Waals surface area contributed by atoms with Gasteiger partial charge >= 0.3 is 0 Å². The highest BCUT2D eigenvalue weighted by molar-refractivity contribution is 5.42. The number of rotatable bonds is 3. The Balaban J connectivity index is 1.67. The molecular weight excluding hydrogens is 260 g/mol. The highest BCUT2D eigenvalue weighted by Crippen LogP contribution is 2.32. The van der Waals surface area contributed by atoms with Crippen LogP contribution in [0.25, 0.3) is 0 Å². The third-order valence-electron chi connectivity index (χ3n) is 4.59. The lowest BCUT2D eigenvalue weighted by Gasteiger charge is -2.12. The van der Waals surface area contributed by atoms with Crippen LogP contribution in [0.4, 0.5) is 0 Å². The second-order valence-electron chi connectivity index (χ2n) is 6.00. The number of pyridine rings is 1. The molecule has 1 aromatic heterocycles. The smallest absolute Gasteiger partial charge is 0.223 e. The van der Waals surface area contributed by atoms with Gasteiger partial charge in [0.1, 0.15) is 5.75 Å². The zero-order valence-electron chi connectivity index (χ0n) is 12.2. The predicted octanol–water partition coefficient (Wildman–Crippen LogP) is 3.31. The van der Waals surface area contributed by atoms with Gasteiger partial charge < -0.3 is 10.5 Å². The van der Waals surface area contributed by atoms with Crippen LogP contribution in [0, 0.1) is 0 Å². The van der Waals surface area contributed by atoms with Gasteiger partial charge in [-0.15, -0.1) is 0 Å². The summed E-state index contributed by atoms with van der Waals surface area (Å²) in [4.78, 5) is 4.71. The van der Waals surface area contributed by atoms with E-state index in [1.54, 1.807) is 0 Å². The van der Waals surface area contributed by atoms with Gasteiger partial charge in [-0.3, -0.25) is 0 Å². The topological polar surface area (TPSA) is 48.1 Å². The average molecular weight is 280 g/mol. The summed E-state index contributed by atoms with van der Waals surface area (Å²) in [6.07, 6.45) is 6.97. The fraction of sp³-hybridized carbons (Fsp3) is 0.389. The van der Waals surface area contributed by atoms with Gasteiger partial charge in [0.25, 0.3) is 0 Å². The molecule has 0 saturated heterocycles. The standard InChI is InChI=1S/C18H20N2O/c19-11-15-9-14-5-2-6-17(14)20-18(15)21-16-8-7-12-3-1-4-13(12)10-16/h7-10H,1-6,11,19H2. The number of nitrogens with zero attached hydrogens (tertiary/aromatic N) is 1. The largest absolute Gasteiger partial charge is 0.439 e. The highest BCUT2D eigenvalue weighted by Gasteiger charge is 2.18. The molecule has 2 aliphatic rings. The second-order valence-corrected chi connectivity index (χ2v) is 6.00. The highest BCUT2D eigenvalue weighted by atomic mass is 16.5. The van der Waals surface area contributed by atoms with Gasteiger partial charge in [0.05, 0.1) is 0 Å². The van der Waals surface area contributed by atoms with Crippen molar-refractivity contribution in [3.8, 4) is 11.6 Å². The van der Waals surface area contributed by atoms with Gasteiger partial charge in [0.2, 0.25) is 5.88 Å². The Morgan fingerprint density at radius 2 is 1.76 bits per heavy atom. The number of ether oxygens (including phenoxy) is 1. The van der Waals surface area contributed by atoms with Crippen LogP contribution in [-0.4, -0.2) is 4.98 Å². The van der Waals surface area contributed by atoms with E-state index in [4.69, 9.17) is 15.5 Å². The molecule has 0 aliphatic heterocycles. The van der Waals surface area contributed by atoms with Gasteiger partial charge in [0, 0.05) is 17.8 Å². The van der Waals surface area contributed by atoms with Crippen LogP contribution in [0.5, 0.6) is 11.6 Å². The quantitative estimate of drug-likeness (QED) is 0.938. The van der Waals surface area contributed by atoms with E-state index < -0.39 is 0 Å². The molecule has 0 bridgehead atoms. The van der Waals surface area contributed by atoms with Crippen molar-refractivity contribution in [2.75, 3.05) is 0 Å². The molecule has 21 heavy (non-hydrogen) atoms. The third kappa shape index (κ3) is 2.32. The molecule has 2 N–H and O–H groups in total. The van der Waals surface area contributed by atoms with Crippen LogP contribution in [0.3, 0.4) is 0 Å². The maximum atomic E-state index is 6.06. The Bertz CT molecular complexity index is 694. The predicted molar refractivity (Wildman–Crippen MR) is 82.7 cm³/mol. The Morgan fingerprint density at radius 1 is 0.952 bits per heavy atom. The minimum absolute atomic E-state index is 0.473. The summed E-state index contributed by atoms with van der Waals surface area (Å²) in [5.74, 6) is 1.58. The van der Waals surface area contributed by atoms with Crippen LogP contribution in [-0.2, 0) is 32.2 Å². The Kier molecular flexibility index (Phi) is 3.15. The summed E-state index contributed by atoms with van der Waals surface area (Å²) in [7, 11) is 0. The first-order chi connectivity index (χ1) is 10.3. The van der Waals surface area contributed by atoms with Crippen molar-refractivity contribution in [2.24, 2.45) is 5.73 Å². The molecule has 3 nitrogen and oxygen atoms in total. The van der Waals surface area contributed by atoms with E-state index in [1.807, 2.05) is 0 Å². The van der Waals surface area contributed by atoms with E-state index in [0.717, 1.165) is 30.6 Å². The monoisotopic (exact) mass is 280 g/mol. The molecule has 0 fully saturated rings. The van der Waals surface area contributed by atoms with E-state index in [-0.39, 0.29) is 0 Å². The molecule has 0 atom stereocenters. The van der Waals surface area contributed by atoms with Crippen molar-refractivity contribution in [1.29, 1.82) is 0 Å². The second kappa shape index (κ2) is 5.15. The van der Waals surface area contributed by atoms with Crippen LogP contribution >= 0.6 is 0 Å². The molecular formula is C18H20N2O. The van der Waals surface area contributed by atoms with E-state index in [1.165, 1.54) is 41.6 Å². The SMILES string of the molecule is NCc1cc2c(nc1Oc1ccc3c(c1)CCC3)CCC2. The van der Waals surface area contributed by atoms with E-state index >= 15 is 0 Å². The average Bonchev–Trinajstić information content (AvgIpc) is 3.13. The van der Waals surface area contributed by atoms with E-state index in [2.05, 4.69) is 24.3 Å². The lowest BCUT2D eigenvalue weighted by molar-refractivity contribution is 0.454. The first-order valence-corrected chi connectivity index (χ1v) is 7.85. The lowest BCUT2D eigenvalue weighted by atomic mass is 10.1. The van der Waals surface area contributed by atoms with Crippen molar-refractivity contribution in [1.82, 2.24) is 4.98 Å². The summed E-state index contributed by atoms with van der Waals surface area (Å²) in [5.41, 5.74) is 12.3. The van der Waals surface area contributed by atoms with Crippen LogP contribution in [0.1, 0.15) is 40.8 Å². The van der Waals surface area contributed by atoms with E-state index in [0.29, 0.717) is 12.4 Å². The number of hydrogen-bond donors (Lipinski definition) is 1. The molecule has 108 valence electrons. The maximum absolute atomic E-state index is 6.06. The Morgan fingerprint density at radius 3 is 2.67 bits per heavy atom. The normalized spacial score (nSPS) is 15.9. The molecule has 2 aromatic rings. The van der Waals surface area contributed by atoms with Crippen molar-refractivity contribution >= 4 is 0 Å². The number of aryl methyl sites for hydroxylation is 4. The zero-order valence-corrected chi connectivity index (χ0v) is 12.2. The maximum Gasteiger partial charge on any atom is 0.223 e. The van der Waals surface area contributed by atoms with Crippen LogP contribution < -0.4 is 10.5 Å². The lowest BCUT2D eigenvalue weighted by Crippen LogP contribution is -2.04. The van der Waals surface area contributed by atoms with Gasteiger partial charge in [-0.1, -0.05) is 6.07 Å². The summed E-state index contributed by atoms with van der Waals surface area (Å²) in [6.45, 7) is 0.473. The fourth-order valence-corrected chi connectivity index (χ4v) is 3.46. The third-order valence-corrected chi connectivity index (χ3v) is 4.59. The van der Waals surface area contributed by atoms with Crippen molar-refractivity contribution in [3.05, 3.63) is 52.2 Å². The summed E-state index contributed by atoms with van der Waals surface area (Å²) in [5, 5.41) is 0. The number of benzene rings is 1. The molecule has 0 amide bonds. The van der Waals surface area contributed by atoms with Crippen molar-refractivity contribution in [2.45, 2.75) is 45.1 Å². The number of fused-ring (bicyclic) bond motifs is 2. The molecule has 1 aromatic carbocycles. The van der Waals surface area contributed by atoms with Crippen LogP contribution in [0.15, 0.2) is 24.3 Å². The van der Waals surface area contributed by atoms with Gasteiger partial charge in [0.15, 0.2) is 0 Å². The van der Waals surface area contributed by atoms with Crippen LogP contribution in [0.2, 0.25) is 0 Å². The molecule has 3 heteroatoms. The Hall–Kier alpha value is -1.87. The van der Waals surface area contributed by atoms with Gasteiger partial charge in [-0.25, -0.2) is 4.98 Å². The number of hydrogen-bond acceptors (Lipinski definition) is 3. The molecule has 2 aliphatic carbocycles. The molecule has 1 heterocycles. The first-order valence-electron chi connectivity index (χ1n) is 7.85. The molecule has 0 radical (unpaired) electrons. The fourth-order valence-electron chi connectivity index (χ4n) is 3.46. The number of nitrogens with two attached hydrogens (primary N) is 1. The minimum Gasteiger partial charge on any atom is -0.439 e. The first kappa shape index (κ1) is 12.8.